The van der Waals surface area contributed by atoms with Crippen molar-refractivity contribution < 1.29 is 66.8 Å². The monoisotopic (exact) mass is 630 g/mol. The molecule has 0 spiro atoms. The number of hydrogen-bond donors (Lipinski definition) is 0. The van der Waals surface area contributed by atoms with E-state index in [0.717, 1.165) is 5.39 Å². The molecule has 0 bridgehead atoms. The number of carbonyl (C=O) groups excluding carboxylic acids is 1. The van der Waals surface area contributed by atoms with Crippen molar-refractivity contribution in [3.63, 3.8) is 0 Å². The summed E-state index contributed by atoms with van der Waals surface area (Å²) in [6.07, 6.45) is -5.19. The minimum atomic E-state index is -7.43. The largest absolute Gasteiger partial charge is 0.743 e. The summed E-state index contributed by atoms with van der Waals surface area (Å²) in [6.45, 7) is 5.49. The van der Waals surface area contributed by atoms with Gasteiger partial charge in [0.05, 0.1) is 0 Å². The van der Waals surface area contributed by atoms with Crippen molar-refractivity contribution in [3.05, 3.63) is 36.4 Å². The van der Waals surface area contributed by atoms with Gasteiger partial charge in [0.15, 0.2) is 15.0 Å². The van der Waals surface area contributed by atoms with E-state index in [0.29, 0.717) is 16.6 Å². The predicted molar refractivity (Wildman–Crippen MR) is 126 cm³/mol. The van der Waals surface area contributed by atoms with Crippen molar-refractivity contribution in [1.29, 1.82) is 0 Å². The van der Waals surface area contributed by atoms with Crippen molar-refractivity contribution in [2.75, 3.05) is 11.5 Å². The van der Waals surface area contributed by atoms with E-state index in [1.165, 1.54) is 34.6 Å². The zero-order chi connectivity index (χ0) is 30.9. The standard InChI is InChI=1S/C19H23O3S.C4HF9O3S/c1-19(2,3)22-18(20)21-16-10-11-17(23-12-6-7-13-23)15-9-5-4-8-14(15)16;5-1(6,3(9,10)11)2(7,8)4(12,13)17(14,15)16/h4-5,8-11H,6-7,12-13H2,1-3H3;(H,14,15,16)/q+1;/p-1. The van der Waals surface area contributed by atoms with E-state index >= 15 is 0 Å². The SMILES string of the molecule is CC(C)(C)OC(=O)Oc1ccc([S+]2CCCC2)c2ccccc12.O=S(=O)([O-])C(F)(F)C(F)(F)C(F)(F)C(F)(F)F. The Labute approximate surface area is 225 Å². The highest BCUT2D eigenvalue weighted by Gasteiger charge is 2.83. The van der Waals surface area contributed by atoms with Gasteiger partial charge in [-0.3, -0.25) is 0 Å². The molecular weight excluding hydrogens is 607 g/mol. The van der Waals surface area contributed by atoms with E-state index in [-0.39, 0.29) is 0 Å². The van der Waals surface area contributed by atoms with Gasteiger partial charge in [-0.1, -0.05) is 18.2 Å². The highest BCUT2D eigenvalue weighted by molar-refractivity contribution is 7.97. The number of rotatable bonds is 5. The summed E-state index contributed by atoms with van der Waals surface area (Å²) in [5.74, 6) is -11.7. The van der Waals surface area contributed by atoms with Crippen LogP contribution in [0.4, 0.5) is 44.3 Å². The van der Waals surface area contributed by atoms with Gasteiger partial charge in [-0.25, -0.2) is 13.2 Å². The van der Waals surface area contributed by atoms with E-state index in [1.54, 1.807) is 0 Å². The Morgan fingerprint density at radius 3 is 1.77 bits per heavy atom. The second-order valence-electron chi connectivity index (χ2n) is 9.40. The Morgan fingerprint density at radius 2 is 1.32 bits per heavy atom. The second kappa shape index (κ2) is 11.5. The molecule has 0 atom stereocenters. The highest BCUT2D eigenvalue weighted by Crippen LogP contribution is 2.54. The number of carbonyl (C=O) groups is 1. The molecule has 0 amide bonds. The fourth-order valence-corrected chi connectivity index (χ4v) is 6.28. The average Bonchev–Trinajstić information content (AvgIpc) is 3.31. The molecule has 1 aliphatic rings. The zero-order valence-corrected chi connectivity index (χ0v) is 22.6. The zero-order valence-electron chi connectivity index (χ0n) is 21.0. The molecule has 6 nitrogen and oxygen atoms in total. The number of fused-ring (bicyclic) bond motifs is 1. The second-order valence-corrected chi connectivity index (χ2v) is 13.1. The van der Waals surface area contributed by atoms with Crippen LogP contribution in [-0.4, -0.2) is 59.5 Å². The number of hydrogen-bond acceptors (Lipinski definition) is 6. The van der Waals surface area contributed by atoms with Gasteiger partial charge >= 0.3 is 29.4 Å². The van der Waals surface area contributed by atoms with Gasteiger partial charge < -0.3 is 14.0 Å². The lowest BCUT2D eigenvalue weighted by molar-refractivity contribution is -0.382. The molecule has 2 aromatic carbocycles. The summed E-state index contributed by atoms with van der Waals surface area (Å²) in [6, 6.07) is 12.2. The average molecular weight is 631 g/mol. The topological polar surface area (TPSA) is 92.7 Å². The van der Waals surface area contributed by atoms with Crippen molar-refractivity contribution in [2.24, 2.45) is 0 Å². The fraction of sp³-hybridized carbons (Fsp3) is 0.522. The van der Waals surface area contributed by atoms with Gasteiger partial charge in [0.25, 0.3) is 0 Å². The predicted octanol–water partition coefficient (Wildman–Crippen LogP) is 6.88. The van der Waals surface area contributed by atoms with Crippen LogP contribution >= 0.6 is 0 Å². The number of halogens is 9. The lowest BCUT2D eigenvalue weighted by Crippen LogP contribution is -2.63. The van der Waals surface area contributed by atoms with Crippen LogP contribution in [0.3, 0.4) is 0 Å². The minimum absolute atomic E-state index is 0.326. The molecule has 226 valence electrons. The van der Waals surface area contributed by atoms with Gasteiger partial charge in [0.2, 0.25) is 0 Å². The molecule has 1 heterocycles. The molecule has 0 aromatic heterocycles. The first-order chi connectivity index (χ1) is 17.9. The molecule has 17 heteroatoms. The molecule has 3 rings (SSSR count). The lowest BCUT2D eigenvalue weighted by Gasteiger charge is -2.34. The number of benzene rings is 2. The molecule has 0 aliphatic carbocycles. The van der Waals surface area contributed by atoms with Gasteiger partial charge in [-0.2, -0.15) is 39.5 Å². The molecular formula is C23H23F9O6S2. The first kappa shape index (κ1) is 33.8. The maximum Gasteiger partial charge on any atom is 0.514 e. The van der Waals surface area contributed by atoms with Crippen LogP contribution in [0.2, 0.25) is 0 Å². The Balaban J connectivity index is 0.000000296. The Morgan fingerprint density at radius 1 is 0.825 bits per heavy atom. The molecule has 1 saturated heterocycles. The third-order valence-electron chi connectivity index (χ3n) is 5.20. The molecule has 0 N–H and O–H groups in total. The van der Waals surface area contributed by atoms with Crippen LogP contribution in [0, 0.1) is 0 Å². The van der Waals surface area contributed by atoms with E-state index in [9.17, 15) is 57.3 Å². The number of alkyl halides is 9. The van der Waals surface area contributed by atoms with Crippen LogP contribution < -0.4 is 4.74 Å². The van der Waals surface area contributed by atoms with Crippen LogP contribution in [0.25, 0.3) is 10.8 Å². The molecule has 0 saturated carbocycles. The maximum absolute atomic E-state index is 12.2. The normalized spacial score (nSPS) is 15.9. The van der Waals surface area contributed by atoms with E-state index < -0.39 is 45.2 Å². The minimum Gasteiger partial charge on any atom is -0.743 e. The van der Waals surface area contributed by atoms with Gasteiger partial charge in [0, 0.05) is 21.7 Å². The van der Waals surface area contributed by atoms with Crippen molar-refractivity contribution >= 4 is 37.9 Å². The summed E-state index contributed by atoms with van der Waals surface area (Å²) < 4.78 is 146. The van der Waals surface area contributed by atoms with E-state index in [1.807, 2.05) is 45.0 Å². The summed E-state index contributed by atoms with van der Waals surface area (Å²) in [5.41, 5.74) is -0.557. The summed E-state index contributed by atoms with van der Waals surface area (Å²) in [5, 5.41) is -4.94. The van der Waals surface area contributed by atoms with E-state index in [4.69, 9.17) is 9.47 Å². The first-order valence-electron chi connectivity index (χ1n) is 11.2. The van der Waals surface area contributed by atoms with Crippen molar-refractivity contribution in [3.8, 4) is 5.75 Å². The number of ether oxygens (including phenoxy) is 2. The lowest BCUT2D eigenvalue weighted by atomic mass is 10.1. The molecule has 1 fully saturated rings. The van der Waals surface area contributed by atoms with Crippen LogP contribution in [0.5, 0.6) is 5.75 Å². The van der Waals surface area contributed by atoms with E-state index in [2.05, 4.69) is 12.1 Å². The van der Waals surface area contributed by atoms with Crippen LogP contribution in [0.1, 0.15) is 33.6 Å². The summed E-state index contributed by atoms with van der Waals surface area (Å²) in [4.78, 5) is 13.4. The highest BCUT2D eigenvalue weighted by atomic mass is 32.2. The summed E-state index contributed by atoms with van der Waals surface area (Å²) >= 11 is 0. The fourth-order valence-electron chi connectivity index (χ4n) is 3.34. The molecule has 0 radical (unpaired) electrons. The Bertz CT molecular complexity index is 1320. The molecule has 40 heavy (non-hydrogen) atoms. The first-order valence-corrected chi connectivity index (χ1v) is 14.2. The van der Waals surface area contributed by atoms with Gasteiger partial charge in [0.1, 0.15) is 22.9 Å². The summed E-state index contributed by atoms with van der Waals surface area (Å²) in [7, 11) is -7.09. The third-order valence-corrected chi connectivity index (χ3v) is 8.62. The van der Waals surface area contributed by atoms with Gasteiger partial charge in [-0.15, -0.1) is 0 Å². The van der Waals surface area contributed by atoms with Gasteiger partial charge in [-0.05, 0) is 51.8 Å². The van der Waals surface area contributed by atoms with Crippen LogP contribution in [0.15, 0.2) is 41.3 Å². The molecule has 1 aliphatic heterocycles. The smallest absolute Gasteiger partial charge is 0.514 e. The Kier molecular flexibility index (Phi) is 9.69. The maximum atomic E-state index is 12.2. The Hall–Kier alpha value is -2.40. The van der Waals surface area contributed by atoms with Crippen molar-refractivity contribution in [1.82, 2.24) is 0 Å². The molecule has 2 aromatic rings. The third kappa shape index (κ3) is 7.08. The molecule has 0 unspecified atom stereocenters. The van der Waals surface area contributed by atoms with Crippen molar-refractivity contribution in [2.45, 2.75) is 67.4 Å². The van der Waals surface area contributed by atoms with Crippen LogP contribution in [-0.2, 0) is 25.7 Å². The quantitative estimate of drug-likeness (QED) is 0.118.